The SMILES string of the molecule is CC(C)NC(=O)C(C)NCC(O)CO. The zero-order valence-corrected chi connectivity index (χ0v) is 8.95. The number of nitrogens with one attached hydrogen (secondary N) is 2. The average Bonchev–Trinajstić information content (AvgIpc) is 2.12. The Kier molecular flexibility index (Phi) is 6.44. The van der Waals surface area contributed by atoms with Gasteiger partial charge in [-0.3, -0.25) is 4.79 Å². The lowest BCUT2D eigenvalue weighted by Crippen LogP contribution is -2.47. The van der Waals surface area contributed by atoms with Crippen LogP contribution in [0.15, 0.2) is 0 Å². The van der Waals surface area contributed by atoms with Gasteiger partial charge in [-0.25, -0.2) is 0 Å². The van der Waals surface area contributed by atoms with Crippen LogP contribution in [0.2, 0.25) is 0 Å². The van der Waals surface area contributed by atoms with Gasteiger partial charge < -0.3 is 20.8 Å². The van der Waals surface area contributed by atoms with Crippen LogP contribution in [0.1, 0.15) is 20.8 Å². The lowest BCUT2D eigenvalue weighted by molar-refractivity contribution is -0.123. The number of aliphatic hydroxyl groups is 2. The quantitative estimate of drug-likeness (QED) is 0.440. The first-order valence-electron chi connectivity index (χ1n) is 4.80. The van der Waals surface area contributed by atoms with Crippen molar-refractivity contribution in [3.05, 3.63) is 0 Å². The summed E-state index contributed by atoms with van der Waals surface area (Å²) in [4.78, 5) is 11.3. The molecule has 0 aromatic carbocycles. The Balaban J connectivity index is 3.72. The molecule has 0 saturated heterocycles. The molecule has 0 fully saturated rings. The van der Waals surface area contributed by atoms with E-state index >= 15 is 0 Å². The van der Waals surface area contributed by atoms with Crippen LogP contribution in [0.4, 0.5) is 0 Å². The first-order valence-corrected chi connectivity index (χ1v) is 4.80. The molecule has 0 bridgehead atoms. The van der Waals surface area contributed by atoms with Gasteiger partial charge in [-0.15, -0.1) is 0 Å². The van der Waals surface area contributed by atoms with Crippen LogP contribution in [0, 0.1) is 0 Å². The molecule has 0 aromatic heterocycles. The predicted octanol–water partition coefficient (Wildman–Crippen LogP) is -1.16. The van der Waals surface area contributed by atoms with Gasteiger partial charge in [0, 0.05) is 12.6 Å². The highest BCUT2D eigenvalue weighted by Crippen LogP contribution is 1.86. The molecule has 0 spiro atoms. The number of hydrogen-bond donors (Lipinski definition) is 4. The average molecular weight is 204 g/mol. The third-order valence-electron chi connectivity index (χ3n) is 1.69. The van der Waals surface area contributed by atoms with Crippen LogP contribution in [0.3, 0.4) is 0 Å². The van der Waals surface area contributed by atoms with Crippen molar-refractivity contribution >= 4 is 5.91 Å². The predicted molar refractivity (Wildman–Crippen MR) is 53.8 cm³/mol. The van der Waals surface area contributed by atoms with Gasteiger partial charge in [-0.1, -0.05) is 0 Å². The molecule has 0 heterocycles. The normalized spacial score (nSPS) is 15.3. The summed E-state index contributed by atoms with van der Waals surface area (Å²) in [5, 5.41) is 23.1. The van der Waals surface area contributed by atoms with E-state index in [1.54, 1.807) is 6.92 Å². The van der Waals surface area contributed by atoms with Crippen LogP contribution in [-0.4, -0.2) is 47.5 Å². The molecular weight excluding hydrogens is 184 g/mol. The minimum absolute atomic E-state index is 0.106. The van der Waals surface area contributed by atoms with Crippen molar-refractivity contribution in [1.82, 2.24) is 10.6 Å². The smallest absolute Gasteiger partial charge is 0.237 e. The molecule has 1 amide bonds. The van der Waals surface area contributed by atoms with E-state index in [4.69, 9.17) is 10.2 Å². The number of amides is 1. The van der Waals surface area contributed by atoms with Gasteiger partial charge in [0.2, 0.25) is 5.91 Å². The third kappa shape index (κ3) is 5.90. The molecule has 0 aliphatic heterocycles. The van der Waals surface area contributed by atoms with Gasteiger partial charge in [0.1, 0.15) is 0 Å². The van der Waals surface area contributed by atoms with Crippen molar-refractivity contribution in [3.63, 3.8) is 0 Å². The number of aliphatic hydroxyl groups excluding tert-OH is 2. The highest BCUT2D eigenvalue weighted by atomic mass is 16.3. The van der Waals surface area contributed by atoms with Gasteiger partial charge in [0.15, 0.2) is 0 Å². The van der Waals surface area contributed by atoms with Crippen LogP contribution in [0.5, 0.6) is 0 Å². The van der Waals surface area contributed by atoms with Crippen LogP contribution in [-0.2, 0) is 4.79 Å². The van der Waals surface area contributed by atoms with E-state index in [-0.39, 0.29) is 31.1 Å². The molecule has 2 atom stereocenters. The molecule has 14 heavy (non-hydrogen) atoms. The van der Waals surface area contributed by atoms with Gasteiger partial charge in [0.05, 0.1) is 18.8 Å². The van der Waals surface area contributed by atoms with E-state index in [0.29, 0.717) is 0 Å². The summed E-state index contributed by atoms with van der Waals surface area (Å²) in [5.41, 5.74) is 0. The minimum atomic E-state index is -0.815. The van der Waals surface area contributed by atoms with Crippen molar-refractivity contribution in [3.8, 4) is 0 Å². The van der Waals surface area contributed by atoms with Gasteiger partial charge in [-0.2, -0.15) is 0 Å². The first-order chi connectivity index (χ1) is 6.47. The molecule has 5 heteroatoms. The molecule has 0 saturated carbocycles. The zero-order valence-electron chi connectivity index (χ0n) is 8.95. The topological polar surface area (TPSA) is 81.6 Å². The highest BCUT2D eigenvalue weighted by Gasteiger charge is 2.13. The standard InChI is InChI=1S/C9H20N2O3/c1-6(2)11-9(14)7(3)10-4-8(13)5-12/h6-8,10,12-13H,4-5H2,1-3H3,(H,11,14). The lowest BCUT2D eigenvalue weighted by atomic mass is 10.2. The number of carbonyl (C=O) groups is 1. The molecule has 0 aliphatic rings. The Labute approximate surface area is 84.5 Å². The van der Waals surface area contributed by atoms with Crippen molar-refractivity contribution in [2.75, 3.05) is 13.2 Å². The minimum Gasteiger partial charge on any atom is -0.394 e. The maximum Gasteiger partial charge on any atom is 0.237 e. The summed E-state index contributed by atoms with van der Waals surface area (Å²) in [6.07, 6.45) is -0.815. The third-order valence-corrected chi connectivity index (χ3v) is 1.69. The Hall–Kier alpha value is -0.650. The Bertz CT molecular complexity index is 173. The maximum absolute atomic E-state index is 11.3. The second-order valence-corrected chi connectivity index (χ2v) is 3.63. The zero-order chi connectivity index (χ0) is 11.1. The Morgan fingerprint density at radius 2 is 1.93 bits per heavy atom. The maximum atomic E-state index is 11.3. The summed E-state index contributed by atoms with van der Waals surface area (Å²) in [5.74, 6) is -0.106. The van der Waals surface area contributed by atoms with Crippen LogP contribution < -0.4 is 10.6 Å². The molecular formula is C9H20N2O3. The molecule has 4 N–H and O–H groups in total. The van der Waals surface area contributed by atoms with Crippen molar-refractivity contribution < 1.29 is 15.0 Å². The fourth-order valence-electron chi connectivity index (χ4n) is 0.880. The fraction of sp³-hybridized carbons (Fsp3) is 0.889. The van der Waals surface area contributed by atoms with Crippen molar-refractivity contribution in [2.45, 2.75) is 39.0 Å². The summed E-state index contributed by atoms with van der Waals surface area (Å²) in [6.45, 7) is 5.39. The van der Waals surface area contributed by atoms with Gasteiger partial charge in [-0.05, 0) is 20.8 Å². The number of carbonyl (C=O) groups excluding carboxylic acids is 1. The van der Waals surface area contributed by atoms with E-state index in [0.717, 1.165) is 0 Å². The van der Waals surface area contributed by atoms with Crippen LogP contribution >= 0.6 is 0 Å². The number of rotatable bonds is 6. The van der Waals surface area contributed by atoms with E-state index < -0.39 is 6.10 Å². The van der Waals surface area contributed by atoms with Gasteiger partial charge in [0.25, 0.3) is 0 Å². The van der Waals surface area contributed by atoms with E-state index in [9.17, 15) is 4.79 Å². The molecule has 0 radical (unpaired) electrons. The Morgan fingerprint density at radius 3 is 2.36 bits per heavy atom. The molecule has 84 valence electrons. The van der Waals surface area contributed by atoms with E-state index in [1.165, 1.54) is 0 Å². The molecule has 0 rings (SSSR count). The summed E-state index contributed by atoms with van der Waals surface area (Å²) in [6, 6.07) is -0.256. The molecule has 0 aliphatic carbocycles. The first kappa shape index (κ1) is 13.4. The van der Waals surface area contributed by atoms with Crippen molar-refractivity contribution in [2.24, 2.45) is 0 Å². The lowest BCUT2D eigenvalue weighted by Gasteiger charge is -2.17. The highest BCUT2D eigenvalue weighted by molar-refractivity contribution is 5.81. The largest absolute Gasteiger partial charge is 0.394 e. The summed E-state index contributed by atoms with van der Waals surface area (Å²) in [7, 11) is 0. The van der Waals surface area contributed by atoms with E-state index in [2.05, 4.69) is 10.6 Å². The molecule has 2 unspecified atom stereocenters. The van der Waals surface area contributed by atoms with Crippen LogP contribution in [0.25, 0.3) is 0 Å². The number of hydrogen-bond acceptors (Lipinski definition) is 4. The second-order valence-electron chi connectivity index (χ2n) is 3.63. The molecule has 5 nitrogen and oxygen atoms in total. The fourth-order valence-corrected chi connectivity index (χ4v) is 0.880. The Morgan fingerprint density at radius 1 is 1.36 bits per heavy atom. The molecule has 0 aromatic rings. The monoisotopic (exact) mass is 204 g/mol. The summed E-state index contributed by atoms with van der Waals surface area (Å²) < 4.78 is 0. The summed E-state index contributed by atoms with van der Waals surface area (Å²) >= 11 is 0. The van der Waals surface area contributed by atoms with Gasteiger partial charge >= 0.3 is 0 Å². The van der Waals surface area contributed by atoms with Crippen molar-refractivity contribution in [1.29, 1.82) is 0 Å². The van der Waals surface area contributed by atoms with E-state index in [1.807, 2.05) is 13.8 Å². The second kappa shape index (κ2) is 6.75.